The summed E-state index contributed by atoms with van der Waals surface area (Å²) >= 11 is 1.25. The van der Waals surface area contributed by atoms with Crippen molar-refractivity contribution in [1.82, 2.24) is 15.6 Å². The number of rotatable bonds is 7. The Morgan fingerprint density at radius 2 is 2.10 bits per heavy atom. The Balaban J connectivity index is 1.93. The summed E-state index contributed by atoms with van der Waals surface area (Å²) in [6, 6.07) is 9.10. The molecule has 4 N–H and O–H groups in total. The van der Waals surface area contributed by atoms with Crippen LogP contribution in [0, 0.1) is 16.7 Å². The van der Waals surface area contributed by atoms with Gasteiger partial charge in [-0.05, 0) is 32.9 Å². The first-order valence-electron chi connectivity index (χ1n) is 8.74. The molecule has 0 fully saturated rings. The average Bonchev–Trinajstić information content (AvgIpc) is 3.14. The minimum absolute atomic E-state index is 0.113. The standard InChI is InChI=1S/C20H22N6O2S/c1-20(2,3)24-10-15(9-22)18(28)23-11-17(27)26-19-25-16(12-29-19)14-6-4-5-13(7-14)8-21/h4-7,9-10,12,22,24H,11H2,1-3H3,(H,23,28)(H,25,26,27)/b15-10+,22-9?. The predicted molar refractivity (Wildman–Crippen MR) is 114 cm³/mol. The number of aromatic nitrogens is 1. The number of hydrogen-bond acceptors (Lipinski definition) is 7. The molecule has 9 heteroatoms. The lowest BCUT2D eigenvalue weighted by Gasteiger charge is -2.19. The van der Waals surface area contributed by atoms with Crippen molar-refractivity contribution in [3.63, 3.8) is 0 Å². The second kappa shape index (κ2) is 9.61. The highest BCUT2D eigenvalue weighted by Crippen LogP contribution is 2.25. The molecule has 0 spiro atoms. The van der Waals surface area contributed by atoms with Gasteiger partial charge in [0.1, 0.15) is 0 Å². The van der Waals surface area contributed by atoms with Gasteiger partial charge in [-0.15, -0.1) is 11.3 Å². The normalized spacial score (nSPS) is 11.3. The Labute approximate surface area is 173 Å². The topological polar surface area (TPSA) is 131 Å². The fourth-order valence-electron chi connectivity index (χ4n) is 2.10. The van der Waals surface area contributed by atoms with Crippen LogP contribution in [0.25, 0.3) is 11.3 Å². The van der Waals surface area contributed by atoms with Gasteiger partial charge in [0.15, 0.2) is 5.13 Å². The van der Waals surface area contributed by atoms with Crippen molar-refractivity contribution in [3.05, 3.63) is 47.0 Å². The third kappa shape index (κ3) is 6.86. The second-order valence-electron chi connectivity index (χ2n) is 7.10. The van der Waals surface area contributed by atoms with Crippen LogP contribution in [0.1, 0.15) is 26.3 Å². The van der Waals surface area contributed by atoms with Gasteiger partial charge >= 0.3 is 0 Å². The molecule has 2 rings (SSSR count). The molecule has 1 aromatic heterocycles. The molecule has 0 atom stereocenters. The van der Waals surface area contributed by atoms with E-state index < -0.39 is 11.8 Å². The highest BCUT2D eigenvalue weighted by Gasteiger charge is 2.13. The maximum absolute atomic E-state index is 12.1. The van der Waals surface area contributed by atoms with E-state index in [9.17, 15) is 9.59 Å². The summed E-state index contributed by atoms with van der Waals surface area (Å²) in [6.45, 7) is 5.53. The molecule has 0 unspecified atom stereocenters. The van der Waals surface area contributed by atoms with Gasteiger partial charge in [-0.3, -0.25) is 9.59 Å². The monoisotopic (exact) mass is 410 g/mol. The van der Waals surface area contributed by atoms with Gasteiger partial charge in [-0.2, -0.15) is 5.26 Å². The zero-order valence-corrected chi connectivity index (χ0v) is 17.2. The first-order valence-corrected chi connectivity index (χ1v) is 9.62. The Hall–Kier alpha value is -3.51. The van der Waals surface area contributed by atoms with Crippen LogP contribution in [0.15, 0.2) is 41.4 Å². The third-order valence-corrected chi connectivity index (χ3v) is 4.28. The molecule has 8 nitrogen and oxygen atoms in total. The summed E-state index contributed by atoms with van der Waals surface area (Å²) in [5.74, 6) is -0.960. The molecule has 0 aliphatic rings. The summed E-state index contributed by atoms with van der Waals surface area (Å²) in [5, 5.41) is 26.6. The number of carbonyl (C=O) groups excluding carboxylic acids is 2. The summed E-state index contributed by atoms with van der Waals surface area (Å²) in [6.07, 6.45) is 2.37. The zero-order chi connectivity index (χ0) is 21.4. The Morgan fingerprint density at radius 1 is 1.34 bits per heavy atom. The lowest BCUT2D eigenvalue weighted by molar-refractivity contribution is -0.121. The fourth-order valence-corrected chi connectivity index (χ4v) is 2.84. The van der Waals surface area contributed by atoms with Crippen LogP contribution < -0.4 is 16.0 Å². The van der Waals surface area contributed by atoms with E-state index in [1.54, 1.807) is 23.6 Å². The van der Waals surface area contributed by atoms with Crippen LogP contribution in [0.3, 0.4) is 0 Å². The number of nitriles is 1. The quantitative estimate of drug-likeness (QED) is 0.412. The summed E-state index contributed by atoms with van der Waals surface area (Å²) in [7, 11) is 0. The zero-order valence-electron chi connectivity index (χ0n) is 16.4. The molecule has 0 bridgehead atoms. The average molecular weight is 411 g/mol. The van der Waals surface area contributed by atoms with E-state index >= 15 is 0 Å². The molecule has 1 aromatic carbocycles. The van der Waals surface area contributed by atoms with Gasteiger partial charge in [0, 0.05) is 28.9 Å². The number of nitrogens with one attached hydrogen (secondary N) is 4. The maximum atomic E-state index is 12.1. The Bertz CT molecular complexity index is 981. The molecule has 150 valence electrons. The molecule has 0 radical (unpaired) electrons. The van der Waals surface area contributed by atoms with Gasteiger partial charge in [0.2, 0.25) is 5.91 Å². The molecule has 0 aliphatic carbocycles. The van der Waals surface area contributed by atoms with Gasteiger partial charge < -0.3 is 21.4 Å². The van der Waals surface area contributed by atoms with Crippen LogP contribution in [-0.4, -0.2) is 35.1 Å². The molecule has 1 heterocycles. The number of thiazole rings is 1. The van der Waals surface area contributed by atoms with Gasteiger partial charge in [0.05, 0.1) is 29.4 Å². The molecular weight excluding hydrogens is 388 g/mol. The van der Waals surface area contributed by atoms with Crippen molar-refractivity contribution >= 4 is 34.5 Å². The molecule has 0 saturated carbocycles. The van der Waals surface area contributed by atoms with Crippen molar-refractivity contribution in [3.8, 4) is 17.3 Å². The van der Waals surface area contributed by atoms with Gasteiger partial charge in [-0.1, -0.05) is 12.1 Å². The number of benzene rings is 1. The largest absolute Gasteiger partial charge is 0.386 e. The molecule has 2 aromatic rings. The lowest BCUT2D eigenvalue weighted by atomic mass is 10.1. The van der Waals surface area contributed by atoms with Gasteiger partial charge in [0.25, 0.3) is 5.91 Å². The molecule has 2 amide bonds. The van der Waals surface area contributed by atoms with Crippen molar-refractivity contribution in [2.75, 3.05) is 11.9 Å². The lowest BCUT2D eigenvalue weighted by Crippen LogP contribution is -2.36. The first-order chi connectivity index (χ1) is 13.7. The van der Waals surface area contributed by atoms with Crippen LogP contribution >= 0.6 is 11.3 Å². The van der Waals surface area contributed by atoms with E-state index in [-0.39, 0.29) is 17.7 Å². The van der Waals surface area contributed by atoms with Gasteiger partial charge in [-0.25, -0.2) is 4.98 Å². The van der Waals surface area contributed by atoms with E-state index in [1.807, 2.05) is 26.8 Å². The SMILES string of the molecule is CC(C)(C)N/C=C(\C=N)C(=O)NCC(=O)Nc1nc(-c2cccc(C#N)c2)cs1. The fraction of sp³-hybridized carbons (Fsp3) is 0.250. The van der Waals surface area contributed by atoms with Crippen molar-refractivity contribution in [1.29, 1.82) is 10.7 Å². The Morgan fingerprint density at radius 3 is 2.76 bits per heavy atom. The summed E-state index contributed by atoms with van der Waals surface area (Å²) < 4.78 is 0. The maximum Gasteiger partial charge on any atom is 0.254 e. The molecular formula is C20H22N6O2S. The number of nitrogens with zero attached hydrogens (tertiary/aromatic N) is 2. The third-order valence-electron chi connectivity index (χ3n) is 3.53. The van der Waals surface area contributed by atoms with E-state index in [4.69, 9.17) is 10.7 Å². The van der Waals surface area contributed by atoms with Crippen molar-refractivity contribution in [2.45, 2.75) is 26.3 Å². The number of anilines is 1. The second-order valence-corrected chi connectivity index (χ2v) is 7.96. The predicted octanol–water partition coefficient (Wildman–Crippen LogP) is 2.66. The van der Waals surface area contributed by atoms with E-state index in [2.05, 4.69) is 27.0 Å². The molecule has 29 heavy (non-hydrogen) atoms. The number of hydrogen-bond donors (Lipinski definition) is 4. The summed E-state index contributed by atoms with van der Waals surface area (Å²) in [5.41, 5.74) is 1.82. The minimum atomic E-state index is -0.528. The van der Waals surface area contributed by atoms with E-state index in [1.165, 1.54) is 17.5 Å². The number of amides is 2. The van der Waals surface area contributed by atoms with Crippen molar-refractivity contribution in [2.24, 2.45) is 0 Å². The van der Waals surface area contributed by atoms with Crippen LogP contribution in [0.5, 0.6) is 0 Å². The smallest absolute Gasteiger partial charge is 0.254 e. The minimum Gasteiger partial charge on any atom is -0.386 e. The van der Waals surface area contributed by atoms with E-state index in [0.717, 1.165) is 11.8 Å². The van der Waals surface area contributed by atoms with E-state index in [0.29, 0.717) is 16.4 Å². The molecule has 0 saturated heterocycles. The first kappa shape index (κ1) is 21.8. The van der Waals surface area contributed by atoms with Crippen LogP contribution in [0.4, 0.5) is 5.13 Å². The highest BCUT2D eigenvalue weighted by molar-refractivity contribution is 7.14. The molecule has 0 aliphatic heterocycles. The summed E-state index contributed by atoms with van der Waals surface area (Å²) in [4.78, 5) is 28.5. The number of carbonyl (C=O) groups is 2. The highest BCUT2D eigenvalue weighted by atomic mass is 32.1. The van der Waals surface area contributed by atoms with Crippen molar-refractivity contribution < 1.29 is 9.59 Å². The van der Waals surface area contributed by atoms with Crippen LogP contribution in [0.2, 0.25) is 0 Å². The van der Waals surface area contributed by atoms with Crippen LogP contribution in [-0.2, 0) is 9.59 Å². The Kier molecular flexibility index (Phi) is 7.22.